The average molecular weight is 341 g/mol. The minimum atomic E-state index is -0.102. The molecule has 0 fully saturated rings. The third-order valence-electron chi connectivity index (χ3n) is 2.56. The molecule has 4 nitrogen and oxygen atoms in total. The first-order valence-electron chi connectivity index (χ1n) is 5.59. The number of carbonyl (C=O) groups excluding carboxylic acids is 1. The van der Waals surface area contributed by atoms with Crippen LogP contribution in [-0.2, 0) is 6.54 Å². The molecule has 2 rings (SSSR count). The number of rotatable bonds is 4. The van der Waals surface area contributed by atoms with E-state index in [0.29, 0.717) is 18.0 Å². The molecule has 0 N–H and O–H groups in total. The lowest BCUT2D eigenvalue weighted by Crippen LogP contribution is -2.26. The van der Waals surface area contributed by atoms with Crippen molar-refractivity contribution in [3.05, 3.63) is 44.7 Å². The predicted molar refractivity (Wildman–Crippen MR) is 78.6 cm³/mol. The van der Waals surface area contributed by atoms with E-state index in [1.54, 1.807) is 41.6 Å². The van der Waals surface area contributed by atoms with Gasteiger partial charge >= 0.3 is 0 Å². The molecular formula is C13H13BrN2O2S. The van der Waals surface area contributed by atoms with Gasteiger partial charge in [0.15, 0.2) is 0 Å². The molecule has 0 aromatic carbocycles. The monoisotopic (exact) mass is 340 g/mol. The van der Waals surface area contributed by atoms with Crippen molar-refractivity contribution >= 4 is 33.2 Å². The molecule has 0 aliphatic rings. The Morgan fingerprint density at radius 3 is 3.00 bits per heavy atom. The molecule has 2 aromatic rings. The van der Waals surface area contributed by atoms with Gasteiger partial charge < -0.3 is 9.64 Å². The predicted octanol–water partition coefficient (Wildman–Crippen LogP) is 3.19. The molecule has 0 saturated heterocycles. The summed E-state index contributed by atoms with van der Waals surface area (Å²) in [4.78, 5) is 19.1. The molecule has 6 heteroatoms. The molecule has 2 aromatic heterocycles. The number of nitrogens with zero attached hydrogens (tertiary/aromatic N) is 2. The molecule has 0 spiro atoms. The Hall–Kier alpha value is -1.40. The van der Waals surface area contributed by atoms with Crippen molar-refractivity contribution in [2.45, 2.75) is 6.54 Å². The molecule has 1 amide bonds. The standard InChI is InChI=1S/C13H13BrN2O2S/c1-16(7-10-6-9(14)8-19-10)13(17)11-4-3-5-15-12(11)18-2/h3-6,8H,7H2,1-2H3. The highest BCUT2D eigenvalue weighted by Crippen LogP contribution is 2.22. The van der Waals surface area contributed by atoms with Crippen LogP contribution in [0.5, 0.6) is 5.88 Å². The highest BCUT2D eigenvalue weighted by molar-refractivity contribution is 9.10. The number of amides is 1. The number of hydrogen-bond acceptors (Lipinski definition) is 4. The van der Waals surface area contributed by atoms with Gasteiger partial charge in [0.25, 0.3) is 5.91 Å². The van der Waals surface area contributed by atoms with Gasteiger partial charge in [-0.25, -0.2) is 4.98 Å². The highest BCUT2D eigenvalue weighted by Gasteiger charge is 2.17. The third kappa shape index (κ3) is 3.33. The van der Waals surface area contributed by atoms with Crippen molar-refractivity contribution in [2.24, 2.45) is 0 Å². The molecule has 0 bridgehead atoms. The summed E-state index contributed by atoms with van der Waals surface area (Å²) < 4.78 is 6.14. The van der Waals surface area contributed by atoms with Crippen molar-refractivity contribution < 1.29 is 9.53 Å². The van der Waals surface area contributed by atoms with Crippen LogP contribution in [0, 0.1) is 0 Å². The van der Waals surface area contributed by atoms with Gasteiger partial charge in [-0.1, -0.05) is 0 Å². The smallest absolute Gasteiger partial charge is 0.259 e. The number of halogens is 1. The van der Waals surface area contributed by atoms with Gasteiger partial charge in [0, 0.05) is 28.0 Å². The van der Waals surface area contributed by atoms with Gasteiger partial charge in [-0.2, -0.15) is 0 Å². The van der Waals surface area contributed by atoms with Gasteiger partial charge in [0.05, 0.1) is 13.7 Å². The Labute approximate surface area is 124 Å². The molecule has 0 aliphatic carbocycles. The van der Waals surface area contributed by atoms with Crippen LogP contribution in [0.4, 0.5) is 0 Å². The zero-order valence-corrected chi connectivity index (χ0v) is 13.0. The molecule has 0 unspecified atom stereocenters. The van der Waals surface area contributed by atoms with Crippen LogP contribution in [0.25, 0.3) is 0 Å². The van der Waals surface area contributed by atoms with Crippen LogP contribution in [0.3, 0.4) is 0 Å². The first kappa shape index (κ1) is 14.0. The average Bonchev–Trinajstić information content (AvgIpc) is 2.83. The minimum absolute atomic E-state index is 0.102. The van der Waals surface area contributed by atoms with E-state index in [2.05, 4.69) is 20.9 Å². The second-order valence-corrected chi connectivity index (χ2v) is 5.86. The SMILES string of the molecule is COc1ncccc1C(=O)N(C)Cc1cc(Br)cs1. The van der Waals surface area contributed by atoms with E-state index in [-0.39, 0.29) is 5.91 Å². The number of carbonyl (C=O) groups is 1. The van der Waals surface area contributed by atoms with Gasteiger partial charge in [-0.15, -0.1) is 11.3 Å². The van der Waals surface area contributed by atoms with E-state index in [0.717, 1.165) is 9.35 Å². The zero-order chi connectivity index (χ0) is 13.8. The number of methoxy groups -OCH3 is 1. The summed E-state index contributed by atoms with van der Waals surface area (Å²) in [6, 6.07) is 5.45. The van der Waals surface area contributed by atoms with Gasteiger partial charge in [-0.05, 0) is 34.1 Å². The Balaban J connectivity index is 2.14. The number of ether oxygens (including phenoxy) is 1. The quantitative estimate of drug-likeness (QED) is 0.858. The second kappa shape index (κ2) is 6.16. The number of hydrogen-bond donors (Lipinski definition) is 0. The van der Waals surface area contributed by atoms with Crippen LogP contribution in [0.1, 0.15) is 15.2 Å². The van der Waals surface area contributed by atoms with Crippen molar-refractivity contribution in [3.8, 4) is 5.88 Å². The number of pyridine rings is 1. The Morgan fingerprint density at radius 2 is 2.37 bits per heavy atom. The van der Waals surface area contributed by atoms with Crippen molar-refractivity contribution in [2.75, 3.05) is 14.2 Å². The zero-order valence-electron chi connectivity index (χ0n) is 10.6. The van der Waals surface area contributed by atoms with E-state index < -0.39 is 0 Å². The maximum absolute atomic E-state index is 12.3. The highest BCUT2D eigenvalue weighted by atomic mass is 79.9. The van der Waals surface area contributed by atoms with Gasteiger partial charge in [-0.3, -0.25) is 4.79 Å². The number of aromatic nitrogens is 1. The van der Waals surface area contributed by atoms with E-state index in [9.17, 15) is 4.79 Å². The van der Waals surface area contributed by atoms with Crippen molar-refractivity contribution in [3.63, 3.8) is 0 Å². The summed E-state index contributed by atoms with van der Waals surface area (Å²) in [7, 11) is 3.28. The summed E-state index contributed by atoms with van der Waals surface area (Å²) in [5, 5.41) is 2.00. The molecule has 2 heterocycles. The fraction of sp³-hybridized carbons (Fsp3) is 0.231. The molecule has 0 radical (unpaired) electrons. The topological polar surface area (TPSA) is 42.4 Å². The largest absolute Gasteiger partial charge is 0.480 e. The van der Waals surface area contributed by atoms with Crippen LogP contribution in [-0.4, -0.2) is 29.9 Å². The third-order valence-corrected chi connectivity index (χ3v) is 4.24. The molecule has 0 aliphatic heterocycles. The van der Waals surface area contributed by atoms with Crippen molar-refractivity contribution in [1.82, 2.24) is 9.88 Å². The Morgan fingerprint density at radius 1 is 1.58 bits per heavy atom. The van der Waals surface area contributed by atoms with Crippen LogP contribution in [0.2, 0.25) is 0 Å². The summed E-state index contributed by atoms with van der Waals surface area (Å²) in [6.07, 6.45) is 1.60. The fourth-order valence-electron chi connectivity index (χ4n) is 1.66. The maximum atomic E-state index is 12.3. The van der Waals surface area contributed by atoms with Gasteiger partial charge in [0.1, 0.15) is 5.56 Å². The first-order valence-corrected chi connectivity index (χ1v) is 7.26. The molecule has 0 saturated carbocycles. The van der Waals surface area contributed by atoms with E-state index in [1.165, 1.54) is 7.11 Å². The lowest BCUT2D eigenvalue weighted by atomic mass is 10.2. The van der Waals surface area contributed by atoms with Gasteiger partial charge in [0.2, 0.25) is 5.88 Å². The summed E-state index contributed by atoms with van der Waals surface area (Å²) in [5.41, 5.74) is 0.475. The lowest BCUT2D eigenvalue weighted by molar-refractivity contribution is 0.0782. The Kier molecular flexibility index (Phi) is 4.55. The lowest BCUT2D eigenvalue weighted by Gasteiger charge is -2.17. The van der Waals surface area contributed by atoms with Crippen molar-refractivity contribution in [1.29, 1.82) is 0 Å². The first-order chi connectivity index (χ1) is 9.11. The maximum Gasteiger partial charge on any atom is 0.259 e. The van der Waals surface area contributed by atoms with E-state index in [4.69, 9.17) is 4.74 Å². The summed E-state index contributed by atoms with van der Waals surface area (Å²) in [5.74, 6) is 0.251. The summed E-state index contributed by atoms with van der Waals surface area (Å²) >= 11 is 5.02. The molecule has 100 valence electrons. The molecule has 0 atom stereocenters. The van der Waals surface area contributed by atoms with Crippen LogP contribution < -0.4 is 4.74 Å². The molecular weight excluding hydrogens is 328 g/mol. The second-order valence-electron chi connectivity index (χ2n) is 3.95. The summed E-state index contributed by atoms with van der Waals surface area (Å²) in [6.45, 7) is 0.563. The molecule has 19 heavy (non-hydrogen) atoms. The van der Waals surface area contributed by atoms with E-state index in [1.807, 2.05) is 11.4 Å². The van der Waals surface area contributed by atoms with Crippen LogP contribution >= 0.6 is 27.3 Å². The normalized spacial score (nSPS) is 10.3. The van der Waals surface area contributed by atoms with Crippen LogP contribution in [0.15, 0.2) is 34.2 Å². The van der Waals surface area contributed by atoms with E-state index >= 15 is 0 Å². The Bertz CT molecular complexity index is 586. The number of thiophene rings is 1. The minimum Gasteiger partial charge on any atom is -0.480 e. The fourth-order valence-corrected chi connectivity index (χ4v) is 3.17.